The Labute approximate surface area is 125 Å². The van der Waals surface area contributed by atoms with Crippen molar-refractivity contribution in [2.75, 3.05) is 0 Å². The van der Waals surface area contributed by atoms with Gasteiger partial charge in [-0.15, -0.1) is 0 Å². The van der Waals surface area contributed by atoms with E-state index < -0.39 is 5.97 Å². The van der Waals surface area contributed by atoms with E-state index in [1.807, 2.05) is 6.08 Å². The molecular formula is C18H34O2. The number of carbonyl (C=O) groups is 1. The summed E-state index contributed by atoms with van der Waals surface area (Å²) in [5, 5.41) is 8.73. The van der Waals surface area contributed by atoms with Gasteiger partial charge >= 0.3 is 5.97 Å². The number of carboxylic acid groups (broad SMARTS) is 1. The van der Waals surface area contributed by atoms with Gasteiger partial charge in [0.25, 0.3) is 0 Å². The quantitative estimate of drug-likeness (QED) is 0.334. The molecule has 118 valence electrons. The lowest BCUT2D eigenvalue weighted by Crippen LogP contribution is -1.96. The van der Waals surface area contributed by atoms with Crippen molar-refractivity contribution >= 4 is 5.97 Å². The lowest BCUT2D eigenvalue weighted by atomic mass is 9.96. The summed E-state index contributed by atoms with van der Waals surface area (Å²) in [5.41, 5.74) is 0.477. The van der Waals surface area contributed by atoms with Gasteiger partial charge < -0.3 is 5.11 Å². The minimum atomic E-state index is -0.790. The number of hydrogen-bond acceptors (Lipinski definition) is 1. The van der Waals surface area contributed by atoms with Crippen molar-refractivity contribution < 1.29 is 9.90 Å². The first kappa shape index (κ1) is 19.2. The third-order valence-corrected chi connectivity index (χ3v) is 3.99. The maximum Gasteiger partial charge on any atom is 0.330 e. The van der Waals surface area contributed by atoms with Crippen LogP contribution in [0.25, 0.3) is 0 Å². The number of aliphatic carboxylic acids is 1. The minimum Gasteiger partial charge on any atom is -0.478 e. The predicted octanol–water partition coefficient (Wildman–Crippen LogP) is 5.96. The van der Waals surface area contributed by atoms with Crippen molar-refractivity contribution in [1.82, 2.24) is 0 Å². The highest BCUT2D eigenvalue weighted by Gasteiger charge is 2.02. The maximum atomic E-state index is 10.6. The zero-order valence-electron chi connectivity index (χ0n) is 13.8. The van der Waals surface area contributed by atoms with Gasteiger partial charge in [-0.05, 0) is 25.7 Å². The topological polar surface area (TPSA) is 37.3 Å². The van der Waals surface area contributed by atoms with E-state index in [-0.39, 0.29) is 0 Å². The number of carboxylic acids is 1. The van der Waals surface area contributed by atoms with Crippen molar-refractivity contribution in [1.29, 1.82) is 0 Å². The zero-order valence-corrected chi connectivity index (χ0v) is 13.8. The smallest absolute Gasteiger partial charge is 0.330 e. The minimum absolute atomic E-state index is 0.477. The number of unbranched alkanes of at least 4 members (excludes halogenated alkanes) is 7. The van der Waals surface area contributed by atoms with E-state index in [1.54, 1.807) is 6.92 Å². The Kier molecular flexibility index (Phi) is 12.7. The van der Waals surface area contributed by atoms with E-state index in [4.69, 9.17) is 5.11 Å². The summed E-state index contributed by atoms with van der Waals surface area (Å²) in [7, 11) is 0. The monoisotopic (exact) mass is 282 g/mol. The van der Waals surface area contributed by atoms with Crippen LogP contribution >= 0.6 is 0 Å². The molecule has 0 saturated carbocycles. The van der Waals surface area contributed by atoms with Gasteiger partial charge in [0.05, 0.1) is 0 Å². The second kappa shape index (κ2) is 13.2. The highest BCUT2D eigenvalue weighted by Crippen LogP contribution is 2.17. The van der Waals surface area contributed by atoms with Crippen LogP contribution in [0.4, 0.5) is 0 Å². The summed E-state index contributed by atoms with van der Waals surface area (Å²) in [5.74, 6) is 0.0344. The second-order valence-electron chi connectivity index (χ2n) is 6.14. The molecule has 0 radical (unpaired) electrons. The van der Waals surface area contributed by atoms with Crippen LogP contribution in [-0.2, 0) is 4.79 Å². The van der Waals surface area contributed by atoms with Crippen LogP contribution in [0.2, 0.25) is 0 Å². The Balaban J connectivity index is 3.39. The van der Waals surface area contributed by atoms with Crippen LogP contribution < -0.4 is 0 Å². The van der Waals surface area contributed by atoms with Gasteiger partial charge in [-0.2, -0.15) is 0 Å². The van der Waals surface area contributed by atoms with Crippen LogP contribution in [0.1, 0.15) is 91.4 Å². The first-order chi connectivity index (χ1) is 9.57. The molecule has 0 aromatic rings. The average Bonchev–Trinajstić information content (AvgIpc) is 2.41. The van der Waals surface area contributed by atoms with Crippen LogP contribution in [0, 0.1) is 5.92 Å². The third-order valence-electron chi connectivity index (χ3n) is 3.99. The molecule has 2 nitrogen and oxygen atoms in total. The number of rotatable bonds is 13. The third kappa shape index (κ3) is 12.3. The molecule has 0 aliphatic heterocycles. The van der Waals surface area contributed by atoms with Crippen molar-refractivity contribution in [3.63, 3.8) is 0 Å². The molecule has 2 heteroatoms. The van der Waals surface area contributed by atoms with Gasteiger partial charge in [0.15, 0.2) is 0 Å². The van der Waals surface area contributed by atoms with Crippen LogP contribution in [0.15, 0.2) is 11.6 Å². The van der Waals surface area contributed by atoms with Crippen molar-refractivity contribution in [3.05, 3.63) is 11.6 Å². The molecular weight excluding hydrogens is 248 g/mol. The van der Waals surface area contributed by atoms with Gasteiger partial charge in [-0.25, -0.2) is 4.79 Å². The van der Waals surface area contributed by atoms with Gasteiger partial charge in [0.2, 0.25) is 0 Å². The van der Waals surface area contributed by atoms with E-state index in [1.165, 1.54) is 57.8 Å². The highest BCUT2D eigenvalue weighted by molar-refractivity contribution is 5.85. The summed E-state index contributed by atoms with van der Waals surface area (Å²) in [6, 6.07) is 0. The van der Waals surface area contributed by atoms with Gasteiger partial charge in [0.1, 0.15) is 0 Å². The number of allylic oxidation sites excluding steroid dienone is 1. The summed E-state index contributed by atoms with van der Waals surface area (Å²) in [4.78, 5) is 10.6. The van der Waals surface area contributed by atoms with E-state index in [9.17, 15) is 4.79 Å². The molecule has 1 atom stereocenters. The molecule has 0 saturated heterocycles. The SMILES string of the molecule is CCCCCCCCC(C)CCCCC=C(C)C(=O)O. The fourth-order valence-electron chi connectivity index (χ4n) is 2.46. The Bertz CT molecular complexity index is 269. The van der Waals surface area contributed by atoms with Gasteiger partial charge in [-0.3, -0.25) is 0 Å². The van der Waals surface area contributed by atoms with Crippen LogP contribution in [0.3, 0.4) is 0 Å². The fraction of sp³-hybridized carbons (Fsp3) is 0.833. The Morgan fingerprint density at radius 3 is 2.15 bits per heavy atom. The summed E-state index contributed by atoms with van der Waals surface area (Å²) < 4.78 is 0. The van der Waals surface area contributed by atoms with E-state index in [2.05, 4.69) is 13.8 Å². The Morgan fingerprint density at radius 1 is 1.00 bits per heavy atom. The molecule has 0 bridgehead atoms. The van der Waals surface area contributed by atoms with Gasteiger partial charge in [0, 0.05) is 5.57 Å². The molecule has 0 aliphatic carbocycles. The zero-order chi connectivity index (χ0) is 15.2. The molecule has 20 heavy (non-hydrogen) atoms. The largest absolute Gasteiger partial charge is 0.478 e. The first-order valence-electron chi connectivity index (χ1n) is 8.48. The molecule has 1 N–H and O–H groups in total. The van der Waals surface area contributed by atoms with Crippen LogP contribution in [0.5, 0.6) is 0 Å². The molecule has 1 unspecified atom stereocenters. The molecule has 0 amide bonds. The van der Waals surface area contributed by atoms with Gasteiger partial charge in [-0.1, -0.05) is 77.7 Å². The second-order valence-corrected chi connectivity index (χ2v) is 6.14. The van der Waals surface area contributed by atoms with Crippen LogP contribution in [-0.4, -0.2) is 11.1 Å². The summed E-state index contributed by atoms with van der Waals surface area (Å²) in [6.07, 6.45) is 16.0. The number of hydrogen-bond donors (Lipinski definition) is 1. The van der Waals surface area contributed by atoms with Crippen molar-refractivity contribution in [2.24, 2.45) is 5.92 Å². The lowest BCUT2D eigenvalue weighted by Gasteiger charge is -2.10. The maximum absolute atomic E-state index is 10.6. The standard InChI is InChI=1S/C18H34O2/c1-4-5-6-7-8-10-13-16(2)14-11-9-12-15-17(3)18(19)20/h15-16H,4-14H2,1-3H3,(H,19,20). The molecule has 0 spiro atoms. The van der Waals surface area contributed by atoms with E-state index >= 15 is 0 Å². The molecule has 0 aromatic carbocycles. The Morgan fingerprint density at radius 2 is 1.55 bits per heavy atom. The molecule has 0 rings (SSSR count). The molecule has 0 heterocycles. The first-order valence-corrected chi connectivity index (χ1v) is 8.48. The highest BCUT2D eigenvalue weighted by atomic mass is 16.4. The Hall–Kier alpha value is -0.790. The lowest BCUT2D eigenvalue weighted by molar-refractivity contribution is -0.132. The normalized spacial score (nSPS) is 13.4. The summed E-state index contributed by atoms with van der Waals surface area (Å²) in [6.45, 7) is 6.28. The predicted molar refractivity (Wildman–Crippen MR) is 87.0 cm³/mol. The summed E-state index contributed by atoms with van der Waals surface area (Å²) >= 11 is 0. The molecule has 0 fully saturated rings. The van der Waals surface area contributed by atoms with Crippen molar-refractivity contribution in [3.8, 4) is 0 Å². The average molecular weight is 282 g/mol. The van der Waals surface area contributed by atoms with E-state index in [0.717, 1.165) is 18.8 Å². The van der Waals surface area contributed by atoms with E-state index in [0.29, 0.717) is 5.57 Å². The van der Waals surface area contributed by atoms with Crippen molar-refractivity contribution in [2.45, 2.75) is 91.4 Å². The fourth-order valence-corrected chi connectivity index (χ4v) is 2.46. The molecule has 0 aromatic heterocycles. The molecule has 0 aliphatic rings.